The molecule has 150 valence electrons. The van der Waals surface area contributed by atoms with E-state index < -0.39 is 10.0 Å². The van der Waals surface area contributed by atoms with Gasteiger partial charge in [-0.05, 0) is 38.3 Å². The highest BCUT2D eigenvalue weighted by molar-refractivity contribution is 7.89. The van der Waals surface area contributed by atoms with Crippen molar-refractivity contribution >= 4 is 15.9 Å². The number of hydrogen-bond donors (Lipinski definition) is 1. The molecule has 1 aromatic rings. The number of carbonyl (C=O) groups excluding carboxylic acids is 1. The molecule has 0 radical (unpaired) electrons. The average molecular weight is 396 g/mol. The Morgan fingerprint density at radius 1 is 1.22 bits per heavy atom. The van der Waals surface area contributed by atoms with Crippen molar-refractivity contribution in [3.8, 4) is 0 Å². The van der Waals surface area contributed by atoms with Crippen LogP contribution in [0.5, 0.6) is 0 Å². The number of hydrogen-bond acceptors (Lipinski definition) is 5. The first-order chi connectivity index (χ1) is 12.9. The van der Waals surface area contributed by atoms with E-state index in [1.54, 1.807) is 6.07 Å². The van der Waals surface area contributed by atoms with Gasteiger partial charge >= 0.3 is 0 Å². The summed E-state index contributed by atoms with van der Waals surface area (Å²) in [6, 6.07) is 5.40. The maximum Gasteiger partial charge on any atom is 0.243 e. The molecule has 2 aliphatic rings. The molecule has 0 bridgehead atoms. The molecular weight excluding hydrogens is 366 g/mol. The lowest BCUT2D eigenvalue weighted by atomic mass is 10.2. The first-order valence-corrected chi connectivity index (χ1v) is 11.0. The highest BCUT2D eigenvalue weighted by Gasteiger charge is 2.30. The molecule has 0 spiro atoms. The Bertz CT molecular complexity index is 767. The van der Waals surface area contributed by atoms with Gasteiger partial charge in [0.2, 0.25) is 15.9 Å². The number of nitrogens with one attached hydrogen (secondary N) is 1. The summed E-state index contributed by atoms with van der Waals surface area (Å²) >= 11 is 0. The van der Waals surface area contributed by atoms with Crippen LogP contribution in [-0.4, -0.2) is 75.5 Å². The second kappa shape index (κ2) is 8.68. The van der Waals surface area contributed by atoms with Crippen LogP contribution in [0.3, 0.4) is 0 Å². The van der Waals surface area contributed by atoms with Crippen LogP contribution in [0, 0.1) is 13.8 Å². The number of aryl methyl sites for hydroxylation is 2. The van der Waals surface area contributed by atoms with Gasteiger partial charge in [0.05, 0.1) is 17.5 Å². The third-order valence-corrected chi connectivity index (χ3v) is 7.26. The van der Waals surface area contributed by atoms with Crippen LogP contribution < -0.4 is 5.32 Å². The smallest absolute Gasteiger partial charge is 0.243 e. The predicted octanol–water partition coefficient (Wildman–Crippen LogP) is 0.905. The van der Waals surface area contributed by atoms with Crippen LogP contribution in [0.1, 0.15) is 24.0 Å². The minimum absolute atomic E-state index is 0.0313. The van der Waals surface area contributed by atoms with Crippen molar-refractivity contribution in [2.75, 3.05) is 45.9 Å². The Hall–Kier alpha value is -1.48. The standard InChI is InChI=1S/C19H29N3O4S/c1-15-5-6-18(16(2)12-15)27(24,25)22-9-7-21(8-10-22)14-19(23)20-13-17-4-3-11-26-17/h5-6,12,17H,3-4,7-11,13-14H2,1-2H3,(H,20,23)/t17-/m0/s1. The molecule has 3 rings (SSSR count). The SMILES string of the molecule is Cc1ccc(S(=O)(=O)N2CCN(CC(=O)NC[C@@H]3CCCO3)CC2)c(C)c1. The molecular formula is C19H29N3O4S. The largest absolute Gasteiger partial charge is 0.376 e. The summed E-state index contributed by atoms with van der Waals surface area (Å²) in [5.41, 5.74) is 1.82. The summed E-state index contributed by atoms with van der Waals surface area (Å²) in [5, 5.41) is 2.91. The quantitative estimate of drug-likeness (QED) is 0.774. The number of piperazine rings is 1. The molecule has 8 heteroatoms. The van der Waals surface area contributed by atoms with E-state index in [1.165, 1.54) is 4.31 Å². The van der Waals surface area contributed by atoms with E-state index in [2.05, 4.69) is 5.32 Å². The van der Waals surface area contributed by atoms with Gasteiger partial charge in [0, 0.05) is 39.3 Å². The van der Waals surface area contributed by atoms with E-state index in [1.807, 2.05) is 30.9 Å². The molecule has 2 aliphatic heterocycles. The zero-order chi connectivity index (χ0) is 19.4. The Balaban J connectivity index is 1.49. The van der Waals surface area contributed by atoms with Crippen molar-refractivity contribution in [2.24, 2.45) is 0 Å². The number of ether oxygens (including phenoxy) is 1. The van der Waals surface area contributed by atoms with Gasteiger partial charge in [-0.1, -0.05) is 17.7 Å². The maximum absolute atomic E-state index is 12.9. The van der Waals surface area contributed by atoms with Gasteiger partial charge in [-0.15, -0.1) is 0 Å². The minimum atomic E-state index is -3.49. The Morgan fingerprint density at radius 2 is 1.96 bits per heavy atom. The number of benzene rings is 1. The molecule has 2 fully saturated rings. The predicted molar refractivity (Wildman–Crippen MR) is 103 cm³/mol. The Morgan fingerprint density at radius 3 is 2.59 bits per heavy atom. The zero-order valence-corrected chi connectivity index (χ0v) is 16.9. The number of amides is 1. The van der Waals surface area contributed by atoms with Crippen LogP contribution in [0.25, 0.3) is 0 Å². The number of carbonyl (C=O) groups is 1. The third-order valence-electron chi connectivity index (χ3n) is 5.20. The van der Waals surface area contributed by atoms with Gasteiger partial charge in [0.25, 0.3) is 0 Å². The summed E-state index contributed by atoms with van der Waals surface area (Å²) in [4.78, 5) is 14.5. The summed E-state index contributed by atoms with van der Waals surface area (Å²) in [6.07, 6.45) is 2.18. The van der Waals surface area contributed by atoms with Gasteiger partial charge < -0.3 is 10.1 Å². The zero-order valence-electron chi connectivity index (χ0n) is 16.1. The van der Waals surface area contributed by atoms with Crippen LogP contribution >= 0.6 is 0 Å². The van der Waals surface area contributed by atoms with Gasteiger partial charge in [-0.3, -0.25) is 9.69 Å². The lowest BCUT2D eigenvalue weighted by molar-refractivity contribution is -0.123. The highest BCUT2D eigenvalue weighted by Crippen LogP contribution is 2.22. The average Bonchev–Trinajstić information content (AvgIpc) is 3.14. The minimum Gasteiger partial charge on any atom is -0.376 e. The van der Waals surface area contributed by atoms with E-state index in [4.69, 9.17) is 4.74 Å². The number of sulfonamides is 1. The lowest BCUT2D eigenvalue weighted by Crippen LogP contribution is -2.51. The van der Waals surface area contributed by atoms with Crippen LogP contribution in [-0.2, 0) is 19.6 Å². The van der Waals surface area contributed by atoms with Crippen molar-refractivity contribution < 1.29 is 17.9 Å². The van der Waals surface area contributed by atoms with Crippen molar-refractivity contribution in [1.29, 1.82) is 0 Å². The monoisotopic (exact) mass is 395 g/mol. The molecule has 27 heavy (non-hydrogen) atoms. The van der Waals surface area contributed by atoms with Gasteiger partial charge in [-0.2, -0.15) is 4.31 Å². The molecule has 1 atom stereocenters. The first kappa shape index (κ1) is 20.3. The fraction of sp³-hybridized carbons (Fsp3) is 0.632. The van der Waals surface area contributed by atoms with E-state index >= 15 is 0 Å². The summed E-state index contributed by atoms with van der Waals surface area (Å²) in [7, 11) is -3.49. The fourth-order valence-corrected chi connectivity index (χ4v) is 5.28. The van der Waals surface area contributed by atoms with Crippen LogP contribution in [0.2, 0.25) is 0 Å². The van der Waals surface area contributed by atoms with Gasteiger partial charge in [-0.25, -0.2) is 8.42 Å². The second-order valence-electron chi connectivity index (χ2n) is 7.39. The van der Waals surface area contributed by atoms with Crippen LogP contribution in [0.15, 0.2) is 23.1 Å². The summed E-state index contributed by atoms with van der Waals surface area (Å²) < 4.78 is 32.8. The van der Waals surface area contributed by atoms with Crippen LogP contribution in [0.4, 0.5) is 0 Å². The van der Waals surface area contributed by atoms with Gasteiger partial charge in [0.1, 0.15) is 0 Å². The Kier molecular flexibility index (Phi) is 6.52. The normalized spacial score (nSPS) is 22.1. The van der Waals surface area contributed by atoms with E-state index in [9.17, 15) is 13.2 Å². The van der Waals surface area contributed by atoms with E-state index in [0.29, 0.717) is 44.2 Å². The molecule has 0 aromatic heterocycles. The van der Waals surface area contributed by atoms with Gasteiger partial charge in [0.15, 0.2) is 0 Å². The molecule has 0 saturated carbocycles. The molecule has 1 N–H and O–H groups in total. The summed E-state index contributed by atoms with van der Waals surface area (Å²) in [5.74, 6) is -0.0313. The van der Waals surface area contributed by atoms with Crippen molar-refractivity contribution in [2.45, 2.75) is 37.7 Å². The molecule has 0 aliphatic carbocycles. The highest BCUT2D eigenvalue weighted by atomic mass is 32.2. The van der Waals surface area contributed by atoms with E-state index in [0.717, 1.165) is 30.6 Å². The van der Waals surface area contributed by atoms with Crippen molar-refractivity contribution in [3.63, 3.8) is 0 Å². The fourth-order valence-electron chi connectivity index (χ4n) is 3.65. The second-order valence-corrected chi connectivity index (χ2v) is 9.29. The Labute approximate surface area is 161 Å². The molecule has 1 aromatic carbocycles. The van der Waals surface area contributed by atoms with Crippen molar-refractivity contribution in [3.05, 3.63) is 29.3 Å². The van der Waals surface area contributed by atoms with E-state index in [-0.39, 0.29) is 12.0 Å². The molecule has 1 amide bonds. The van der Waals surface area contributed by atoms with Crippen molar-refractivity contribution in [1.82, 2.24) is 14.5 Å². The summed E-state index contributed by atoms with van der Waals surface area (Å²) in [6.45, 7) is 7.31. The number of nitrogens with zero attached hydrogens (tertiary/aromatic N) is 2. The molecule has 2 heterocycles. The molecule has 2 saturated heterocycles. The maximum atomic E-state index is 12.9. The molecule has 7 nitrogen and oxygen atoms in total. The third kappa shape index (κ3) is 5.07. The lowest BCUT2D eigenvalue weighted by Gasteiger charge is -2.33. The molecule has 0 unspecified atom stereocenters. The number of rotatable bonds is 6. The topological polar surface area (TPSA) is 79.0 Å². The first-order valence-electron chi connectivity index (χ1n) is 9.54.